The van der Waals surface area contributed by atoms with Gasteiger partial charge < -0.3 is 0 Å². The van der Waals surface area contributed by atoms with Crippen molar-refractivity contribution in [1.29, 1.82) is 0 Å². The molecule has 0 aliphatic heterocycles. The molecule has 20 heavy (non-hydrogen) atoms. The SMILES string of the molecule is Ic1ccc2c(c1)sc1cc(-c3ccccc3)ccc12. The van der Waals surface area contributed by atoms with E-state index in [0.29, 0.717) is 0 Å². The number of rotatable bonds is 1. The van der Waals surface area contributed by atoms with Gasteiger partial charge in [0.05, 0.1) is 0 Å². The molecule has 0 radical (unpaired) electrons. The normalized spacial score (nSPS) is 11.2. The van der Waals surface area contributed by atoms with Gasteiger partial charge in [-0.25, -0.2) is 0 Å². The Kier molecular flexibility index (Phi) is 3.00. The van der Waals surface area contributed by atoms with Gasteiger partial charge in [-0.2, -0.15) is 0 Å². The van der Waals surface area contributed by atoms with Crippen LogP contribution in [0.5, 0.6) is 0 Å². The van der Waals surface area contributed by atoms with E-state index in [1.54, 1.807) is 0 Å². The van der Waals surface area contributed by atoms with E-state index in [1.807, 2.05) is 11.3 Å². The minimum absolute atomic E-state index is 1.28. The van der Waals surface area contributed by atoms with E-state index >= 15 is 0 Å². The Balaban J connectivity index is 1.98. The highest BCUT2D eigenvalue weighted by Gasteiger charge is 2.06. The Hall–Kier alpha value is -1.39. The second kappa shape index (κ2) is 4.86. The van der Waals surface area contributed by atoms with Crippen LogP contribution in [0.25, 0.3) is 31.3 Å². The van der Waals surface area contributed by atoms with Crippen LogP contribution in [0.2, 0.25) is 0 Å². The molecule has 0 atom stereocenters. The van der Waals surface area contributed by atoms with Gasteiger partial charge in [-0.1, -0.05) is 48.5 Å². The summed E-state index contributed by atoms with van der Waals surface area (Å²) in [6, 6.07) is 24.0. The van der Waals surface area contributed by atoms with Gasteiger partial charge in [0.2, 0.25) is 0 Å². The van der Waals surface area contributed by atoms with Gasteiger partial charge in [-0.15, -0.1) is 11.3 Å². The lowest BCUT2D eigenvalue weighted by molar-refractivity contribution is 1.66. The predicted molar refractivity (Wildman–Crippen MR) is 97.5 cm³/mol. The molecule has 4 rings (SSSR count). The Morgan fingerprint density at radius 1 is 0.650 bits per heavy atom. The number of benzene rings is 3. The summed E-state index contributed by atoms with van der Waals surface area (Å²) in [7, 11) is 0. The van der Waals surface area contributed by atoms with E-state index in [1.165, 1.54) is 34.9 Å². The van der Waals surface area contributed by atoms with Crippen LogP contribution >= 0.6 is 33.9 Å². The van der Waals surface area contributed by atoms with Crippen LogP contribution in [0.1, 0.15) is 0 Å². The third-order valence-corrected chi connectivity index (χ3v) is 5.33. The second-order valence-electron chi connectivity index (χ2n) is 4.82. The van der Waals surface area contributed by atoms with Gasteiger partial charge in [0.1, 0.15) is 0 Å². The monoisotopic (exact) mass is 386 g/mol. The maximum atomic E-state index is 2.38. The second-order valence-corrected chi connectivity index (χ2v) is 7.15. The van der Waals surface area contributed by atoms with E-state index < -0.39 is 0 Å². The Bertz CT molecular complexity index is 907. The fraction of sp³-hybridized carbons (Fsp3) is 0. The molecule has 0 unspecified atom stereocenters. The summed E-state index contributed by atoms with van der Waals surface area (Å²) < 4.78 is 4.03. The topological polar surface area (TPSA) is 0 Å². The van der Waals surface area contributed by atoms with Crippen LogP contribution in [0.3, 0.4) is 0 Å². The fourth-order valence-corrected chi connectivity index (χ4v) is 4.45. The molecule has 1 heterocycles. The van der Waals surface area contributed by atoms with E-state index in [-0.39, 0.29) is 0 Å². The highest BCUT2D eigenvalue weighted by atomic mass is 127. The van der Waals surface area contributed by atoms with E-state index in [9.17, 15) is 0 Å². The number of fused-ring (bicyclic) bond motifs is 3. The molecule has 0 N–H and O–H groups in total. The first-order chi connectivity index (χ1) is 9.81. The van der Waals surface area contributed by atoms with Crippen molar-refractivity contribution >= 4 is 54.1 Å². The minimum Gasteiger partial charge on any atom is -0.135 e. The molecule has 0 aliphatic carbocycles. The van der Waals surface area contributed by atoms with Crippen LogP contribution in [-0.2, 0) is 0 Å². The average Bonchev–Trinajstić information content (AvgIpc) is 2.84. The van der Waals surface area contributed by atoms with Crippen molar-refractivity contribution in [1.82, 2.24) is 0 Å². The predicted octanol–water partition coefficient (Wildman–Crippen LogP) is 6.33. The highest BCUT2D eigenvalue weighted by Crippen LogP contribution is 2.36. The molecule has 0 aliphatic rings. The van der Waals surface area contributed by atoms with Gasteiger partial charge in [0.25, 0.3) is 0 Å². The molecule has 0 fully saturated rings. The summed E-state index contributed by atoms with van der Waals surface area (Å²) in [6.45, 7) is 0. The van der Waals surface area contributed by atoms with Gasteiger partial charge in [0, 0.05) is 23.7 Å². The maximum absolute atomic E-state index is 2.38. The van der Waals surface area contributed by atoms with Crippen molar-refractivity contribution in [2.75, 3.05) is 0 Å². The molecule has 0 bridgehead atoms. The van der Waals surface area contributed by atoms with Crippen molar-refractivity contribution in [3.63, 3.8) is 0 Å². The third kappa shape index (κ3) is 2.03. The van der Waals surface area contributed by atoms with Crippen molar-refractivity contribution in [2.24, 2.45) is 0 Å². The number of hydrogen-bond acceptors (Lipinski definition) is 1. The fourth-order valence-electron chi connectivity index (χ4n) is 2.56. The lowest BCUT2D eigenvalue weighted by atomic mass is 10.0. The summed E-state index contributed by atoms with van der Waals surface area (Å²) in [5.74, 6) is 0. The summed E-state index contributed by atoms with van der Waals surface area (Å²) in [5, 5.41) is 2.73. The minimum atomic E-state index is 1.28. The van der Waals surface area contributed by atoms with Crippen molar-refractivity contribution < 1.29 is 0 Å². The number of hydrogen-bond donors (Lipinski definition) is 0. The maximum Gasteiger partial charge on any atom is 0.0365 e. The van der Waals surface area contributed by atoms with Crippen molar-refractivity contribution in [3.8, 4) is 11.1 Å². The lowest BCUT2D eigenvalue weighted by Gasteiger charge is -2.01. The van der Waals surface area contributed by atoms with Crippen LogP contribution in [0, 0.1) is 3.57 Å². The van der Waals surface area contributed by atoms with Crippen LogP contribution in [-0.4, -0.2) is 0 Å². The smallest absolute Gasteiger partial charge is 0.0365 e. The summed E-state index contributed by atoms with van der Waals surface area (Å²) in [6.07, 6.45) is 0. The van der Waals surface area contributed by atoms with E-state index in [2.05, 4.69) is 89.3 Å². The molecule has 0 saturated carbocycles. The first-order valence-electron chi connectivity index (χ1n) is 6.48. The zero-order valence-corrected chi connectivity index (χ0v) is 13.6. The van der Waals surface area contributed by atoms with Gasteiger partial charge in [-0.05, 0) is 51.9 Å². The number of halogens is 1. The lowest BCUT2D eigenvalue weighted by Crippen LogP contribution is -1.75. The molecule has 4 aromatic rings. The standard InChI is InChI=1S/C18H11IS/c19-14-7-9-16-15-8-6-13(12-4-2-1-3-5-12)10-17(15)20-18(16)11-14/h1-11H. The number of thiophene rings is 1. The Morgan fingerprint density at radius 3 is 2.15 bits per heavy atom. The molecule has 0 nitrogen and oxygen atoms in total. The molecule has 96 valence electrons. The van der Waals surface area contributed by atoms with Crippen LogP contribution in [0.15, 0.2) is 66.7 Å². The summed E-state index contributed by atoms with van der Waals surface area (Å²) in [5.41, 5.74) is 2.57. The van der Waals surface area contributed by atoms with Crippen molar-refractivity contribution in [2.45, 2.75) is 0 Å². The molecular formula is C18H11IS. The molecule has 0 spiro atoms. The average molecular weight is 386 g/mol. The van der Waals surface area contributed by atoms with Crippen molar-refractivity contribution in [3.05, 3.63) is 70.3 Å². The molecule has 3 aromatic carbocycles. The van der Waals surface area contributed by atoms with Gasteiger partial charge in [0.15, 0.2) is 0 Å². The first kappa shape index (κ1) is 12.4. The largest absolute Gasteiger partial charge is 0.135 e. The Labute approximate surface area is 135 Å². The van der Waals surface area contributed by atoms with Crippen LogP contribution < -0.4 is 0 Å². The summed E-state index contributed by atoms with van der Waals surface area (Å²) in [4.78, 5) is 0. The third-order valence-electron chi connectivity index (χ3n) is 3.54. The first-order valence-corrected chi connectivity index (χ1v) is 8.38. The molecular weight excluding hydrogens is 375 g/mol. The molecule has 0 saturated heterocycles. The Morgan fingerprint density at radius 2 is 1.35 bits per heavy atom. The zero-order valence-electron chi connectivity index (χ0n) is 10.6. The van der Waals surface area contributed by atoms with Crippen LogP contribution in [0.4, 0.5) is 0 Å². The molecule has 0 amide bonds. The quantitative estimate of drug-likeness (QED) is 0.336. The zero-order chi connectivity index (χ0) is 13.5. The summed E-state index contributed by atoms with van der Waals surface area (Å²) >= 11 is 4.26. The van der Waals surface area contributed by atoms with E-state index in [0.717, 1.165) is 0 Å². The highest BCUT2D eigenvalue weighted by molar-refractivity contribution is 14.1. The molecule has 1 aromatic heterocycles. The van der Waals surface area contributed by atoms with Gasteiger partial charge in [-0.3, -0.25) is 0 Å². The van der Waals surface area contributed by atoms with Gasteiger partial charge >= 0.3 is 0 Å². The van der Waals surface area contributed by atoms with E-state index in [4.69, 9.17) is 0 Å². The molecule has 2 heteroatoms.